The van der Waals surface area contributed by atoms with E-state index in [1.807, 2.05) is 0 Å². The molecule has 0 radical (unpaired) electrons. The number of hydrogen-bond acceptors (Lipinski definition) is 3. The maximum absolute atomic E-state index is 12.2. The Kier molecular flexibility index (Phi) is 7.30. The van der Waals surface area contributed by atoms with Crippen molar-refractivity contribution in [3.63, 3.8) is 0 Å². The second kappa shape index (κ2) is 10.1. The van der Waals surface area contributed by atoms with Gasteiger partial charge in [0.1, 0.15) is 0 Å². The van der Waals surface area contributed by atoms with Crippen molar-refractivity contribution in [1.82, 2.24) is 5.43 Å². The third-order valence-electron chi connectivity index (χ3n) is 3.81. The van der Waals surface area contributed by atoms with Gasteiger partial charge >= 0.3 is 6.03 Å². The molecule has 0 aliphatic heterocycles. The first kappa shape index (κ1) is 21.6. The Morgan fingerprint density at radius 2 is 1.53 bits per heavy atom. The number of carbonyl (C=O) groups is 2. The second-order valence-electron chi connectivity index (χ2n) is 6.04. The quantitative estimate of drug-likeness (QED) is 0.319. The van der Waals surface area contributed by atoms with Crippen LogP contribution in [0.15, 0.2) is 71.8 Å². The summed E-state index contributed by atoms with van der Waals surface area (Å²) < 4.78 is 0. The number of urea groups is 1. The Labute approximate surface area is 187 Å². The number of anilines is 2. The number of rotatable bonds is 5. The summed E-state index contributed by atoms with van der Waals surface area (Å²) in [6, 6.07) is 17.7. The second-order valence-corrected chi connectivity index (χ2v) is 7.29. The minimum Gasteiger partial charge on any atom is -0.308 e. The molecule has 30 heavy (non-hydrogen) atoms. The zero-order valence-electron chi connectivity index (χ0n) is 15.3. The number of nitrogens with one attached hydrogen (secondary N) is 3. The van der Waals surface area contributed by atoms with Gasteiger partial charge in [-0.3, -0.25) is 4.79 Å². The summed E-state index contributed by atoms with van der Waals surface area (Å²) in [6.45, 7) is 0. The van der Waals surface area contributed by atoms with Gasteiger partial charge in [0.15, 0.2) is 0 Å². The molecular weight excluding hydrogens is 447 g/mol. The van der Waals surface area contributed by atoms with E-state index < -0.39 is 11.9 Å². The van der Waals surface area contributed by atoms with E-state index in [-0.39, 0.29) is 0 Å². The highest BCUT2D eigenvalue weighted by Crippen LogP contribution is 2.21. The first-order chi connectivity index (χ1) is 14.4. The molecule has 0 atom stereocenters. The van der Waals surface area contributed by atoms with Crippen LogP contribution in [0.1, 0.15) is 15.9 Å². The van der Waals surface area contributed by atoms with Crippen LogP contribution >= 0.6 is 34.8 Å². The van der Waals surface area contributed by atoms with Crippen LogP contribution in [-0.2, 0) is 0 Å². The van der Waals surface area contributed by atoms with Crippen LogP contribution in [-0.4, -0.2) is 18.2 Å². The average Bonchev–Trinajstić information content (AvgIpc) is 2.71. The highest BCUT2D eigenvalue weighted by atomic mass is 35.5. The molecule has 3 aromatic rings. The van der Waals surface area contributed by atoms with Gasteiger partial charge in [-0.05, 0) is 60.2 Å². The fourth-order valence-electron chi connectivity index (χ4n) is 2.39. The first-order valence-electron chi connectivity index (χ1n) is 8.63. The molecule has 0 aliphatic rings. The summed E-state index contributed by atoms with van der Waals surface area (Å²) in [5, 5.41) is 10.6. The molecule has 3 aromatic carbocycles. The fraction of sp³-hybridized carbons (Fsp3) is 0. The predicted molar refractivity (Wildman–Crippen MR) is 122 cm³/mol. The van der Waals surface area contributed by atoms with E-state index in [1.54, 1.807) is 66.7 Å². The molecule has 6 nitrogen and oxygen atoms in total. The molecule has 3 N–H and O–H groups in total. The first-order valence-corrected chi connectivity index (χ1v) is 9.76. The summed E-state index contributed by atoms with van der Waals surface area (Å²) in [7, 11) is 0. The molecule has 9 heteroatoms. The Morgan fingerprint density at radius 1 is 0.800 bits per heavy atom. The predicted octanol–water partition coefficient (Wildman–Crippen LogP) is 6.05. The lowest BCUT2D eigenvalue weighted by molar-refractivity contribution is 0.0955. The van der Waals surface area contributed by atoms with Crippen LogP contribution in [0.5, 0.6) is 0 Å². The van der Waals surface area contributed by atoms with Gasteiger partial charge < -0.3 is 10.6 Å². The number of benzene rings is 3. The largest absolute Gasteiger partial charge is 0.323 e. The molecule has 0 spiro atoms. The third kappa shape index (κ3) is 6.22. The van der Waals surface area contributed by atoms with Crippen molar-refractivity contribution >= 4 is 64.3 Å². The molecule has 0 bridgehead atoms. The van der Waals surface area contributed by atoms with E-state index in [0.717, 1.165) is 0 Å². The SMILES string of the molecule is O=C(Nc1ccc(C(=O)NN=Cc2ccc(Cl)c(Cl)c2)cc1)Nc1cccc(Cl)c1. The lowest BCUT2D eigenvalue weighted by Crippen LogP contribution is -2.20. The third-order valence-corrected chi connectivity index (χ3v) is 4.78. The van der Waals surface area contributed by atoms with Crippen LogP contribution in [0, 0.1) is 0 Å². The van der Waals surface area contributed by atoms with Gasteiger partial charge in [-0.15, -0.1) is 0 Å². The number of hydrazone groups is 1. The van der Waals surface area contributed by atoms with E-state index >= 15 is 0 Å². The maximum Gasteiger partial charge on any atom is 0.323 e. The van der Waals surface area contributed by atoms with Gasteiger partial charge in [0.2, 0.25) is 0 Å². The molecule has 0 saturated heterocycles. The molecular formula is C21H15Cl3N4O2. The molecule has 0 saturated carbocycles. The Balaban J connectivity index is 1.54. The lowest BCUT2D eigenvalue weighted by atomic mass is 10.2. The van der Waals surface area contributed by atoms with E-state index in [2.05, 4.69) is 21.2 Å². The fourth-order valence-corrected chi connectivity index (χ4v) is 2.88. The molecule has 0 aliphatic carbocycles. The maximum atomic E-state index is 12.2. The topological polar surface area (TPSA) is 82.6 Å². The normalized spacial score (nSPS) is 10.6. The summed E-state index contributed by atoms with van der Waals surface area (Å²) in [6.07, 6.45) is 1.45. The van der Waals surface area contributed by atoms with Crippen molar-refractivity contribution in [1.29, 1.82) is 0 Å². The zero-order chi connectivity index (χ0) is 21.5. The molecule has 0 heterocycles. The summed E-state index contributed by atoms with van der Waals surface area (Å²) in [5.74, 6) is -0.402. The average molecular weight is 462 g/mol. The standard InChI is InChI=1S/C21H15Cl3N4O2/c22-15-2-1-3-17(11-15)27-21(30)26-16-7-5-14(6-8-16)20(29)28-25-12-13-4-9-18(23)19(24)10-13/h1-12H,(H,28,29)(H2,26,27,30). The van der Waals surface area contributed by atoms with Crippen LogP contribution in [0.4, 0.5) is 16.2 Å². The van der Waals surface area contributed by atoms with Crippen molar-refractivity contribution in [2.45, 2.75) is 0 Å². The summed E-state index contributed by atoms with van der Waals surface area (Å²) in [5.41, 5.74) is 4.57. The molecule has 152 valence electrons. The van der Waals surface area contributed by atoms with Crippen LogP contribution in [0.25, 0.3) is 0 Å². The lowest BCUT2D eigenvalue weighted by Gasteiger charge is -2.08. The molecule has 0 fully saturated rings. The number of nitrogens with zero attached hydrogens (tertiary/aromatic N) is 1. The van der Waals surface area contributed by atoms with E-state index in [0.29, 0.717) is 37.6 Å². The van der Waals surface area contributed by atoms with Gasteiger partial charge in [0, 0.05) is 22.0 Å². The molecule has 0 unspecified atom stereocenters. The number of halogens is 3. The van der Waals surface area contributed by atoms with Crippen LogP contribution in [0.3, 0.4) is 0 Å². The Hall–Kier alpha value is -3.06. The Morgan fingerprint density at radius 3 is 2.23 bits per heavy atom. The minimum atomic E-state index is -0.430. The molecule has 0 aromatic heterocycles. The van der Waals surface area contributed by atoms with Gasteiger partial charge in [-0.2, -0.15) is 5.10 Å². The smallest absolute Gasteiger partial charge is 0.308 e. The molecule has 3 amide bonds. The highest BCUT2D eigenvalue weighted by Gasteiger charge is 2.07. The van der Waals surface area contributed by atoms with Crippen LogP contribution < -0.4 is 16.1 Å². The van der Waals surface area contributed by atoms with E-state index in [4.69, 9.17) is 34.8 Å². The van der Waals surface area contributed by atoms with Crippen molar-refractivity contribution in [2.24, 2.45) is 5.10 Å². The van der Waals surface area contributed by atoms with E-state index in [9.17, 15) is 9.59 Å². The van der Waals surface area contributed by atoms with Gasteiger partial charge in [-0.1, -0.05) is 46.9 Å². The van der Waals surface area contributed by atoms with Crippen molar-refractivity contribution in [3.8, 4) is 0 Å². The number of amides is 3. The van der Waals surface area contributed by atoms with Gasteiger partial charge in [0.05, 0.1) is 16.3 Å². The zero-order valence-corrected chi connectivity index (χ0v) is 17.6. The van der Waals surface area contributed by atoms with Crippen molar-refractivity contribution < 1.29 is 9.59 Å². The molecule has 3 rings (SSSR count). The monoisotopic (exact) mass is 460 g/mol. The minimum absolute atomic E-state index is 0.377. The summed E-state index contributed by atoms with van der Waals surface area (Å²) >= 11 is 17.7. The van der Waals surface area contributed by atoms with Crippen LogP contribution in [0.2, 0.25) is 15.1 Å². The number of carbonyl (C=O) groups excluding carboxylic acids is 2. The summed E-state index contributed by atoms with van der Waals surface area (Å²) in [4.78, 5) is 24.2. The van der Waals surface area contributed by atoms with Crippen molar-refractivity contribution in [3.05, 3.63) is 92.9 Å². The van der Waals surface area contributed by atoms with Gasteiger partial charge in [-0.25, -0.2) is 10.2 Å². The highest BCUT2D eigenvalue weighted by molar-refractivity contribution is 6.42. The van der Waals surface area contributed by atoms with Gasteiger partial charge in [0.25, 0.3) is 5.91 Å². The number of hydrogen-bond donors (Lipinski definition) is 3. The van der Waals surface area contributed by atoms with Crippen molar-refractivity contribution in [2.75, 3.05) is 10.6 Å². The van der Waals surface area contributed by atoms with E-state index in [1.165, 1.54) is 6.21 Å². The Bertz CT molecular complexity index is 1100.